The van der Waals surface area contributed by atoms with Crippen molar-refractivity contribution in [1.29, 1.82) is 0 Å². The number of hydroxylamine groups is 2. The van der Waals surface area contributed by atoms with Crippen LogP contribution in [-0.4, -0.2) is 27.3 Å². The van der Waals surface area contributed by atoms with E-state index in [1.807, 2.05) is 30.3 Å². The highest BCUT2D eigenvalue weighted by atomic mass is 16.7. The molecule has 0 saturated heterocycles. The number of fused-ring (bicyclic) bond motifs is 1. The van der Waals surface area contributed by atoms with E-state index in [1.165, 1.54) is 10.5 Å². The molecule has 0 saturated carbocycles. The van der Waals surface area contributed by atoms with E-state index in [2.05, 4.69) is 70.9 Å². The van der Waals surface area contributed by atoms with E-state index in [0.29, 0.717) is 17.0 Å². The lowest BCUT2D eigenvalue weighted by Crippen LogP contribution is -2.46. The second kappa shape index (κ2) is 10.4. The van der Waals surface area contributed by atoms with Crippen molar-refractivity contribution in [3.05, 3.63) is 107 Å². The minimum atomic E-state index is -0.238. The zero-order valence-corrected chi connectivity index (χ0v) is 22.1. The Morgan fingerprint density at radius 3 is 1.78 bits per heavy atom. The van der Waals surface area contributed by atoms with E-state index in [1.54, 1.807) is 24.3 Å². The van der Waals surface area contributed by atoms with Gasteiger partial charge < -0.3 is 0 Å². The molecule has 0 aliphatic carbocycles. The molecule has 2 atom stereocenters. The summed E-state index contributed by atoms with van der Waals surface area (Å²) in [5, 5.41) is 2.13. The zero-order chi connectivity index (χ0) is 26.0. The standard InChI is InChI=1S/C31H36N2O3/c1-21(2)28(25-12-8-7-9-13-25)33(31(4,5)6)36-22(3)24-18-16-23(17-19-24)20-32-29(34)26-14-10-11-15-27(26)30(32)35/h7-19,21-22,28H,20H2,1-6H3. The molecule has 4 rings (SSSR count). The fourth-order valence-corrected chi connectivity index (χ4v) is 4.77. The van der Waals surface area contributed by atoms with Gasteiger partial charge in [-0.2, -0.15) is 5.06 Å². The van der Waals surface area contributed by atoms with Crippen molar-refractivity contribution in [2.24, 2.45) is 5.92 Å². The molecule has 5 heteroatoms. The van der Waals surface area contributed by atoms with Crippen molar-refractivity contribution in [2.45, 2.75) is 65.8 Å². The number of nitrogens with zero attached hydrogens (tertiary/aromatic N) is 2. The largest absolute Gasteiger partial charge is 0.290 e. The zero-order valence-electron chi connectivity index (χ0n) is 22.1. The number of hydrogen-bond donors (Lipinski definition) is 0. The summed E-state index contributed by atoms with van der Waals surface area (Å²) in [7, 11) is 0. The van der Waals surface area contributed by atoms with Crippen LogP contribution in [0.2, 0.25) is 0 Å². The van der Waals surface area contributed by atoms with Crippen molar-refractivity contribution in [1.82, 2.24) is 9.96 Å². The van der Waals surface area contributed by atoms with Gasteiger partial charge in [0.1, 0.15) is 6.10 Å². The first kappa shape index (κ1) is 25.8. The Balaban J connectivity index is 1.50. The molecule has 5 nitrogen and oxygen atoms in total. The second-order valence-corrected chi connectivity index (χ2v) is 10.8. The van der Waals surface area contributed by atoms with Crippen molar-refractivity contribution < 1.29 is 14.4 Å². The molecule has 2 unspecified atom stereocenters. The topological polar surface area (TPSA) is 49.9 Å². The third-order valence-corrected chi connectivity index (χ3v) is 6.63. The fourth-order valence-electron chi connectivity index (χ4n) is 4.77. The lowest BCUT2D eigenvalue weighted by atomic mass is 9.92. The maximum atomic E-state index is 12.7. The van der Waals surface area contributed by atoms with E-state index < -0.39 is 0 Å². The molecule has 3 aromatic carbocycles. The normalized spacial score (nSPS) is 15.5. The molecule has 0 N–H and O–H groups in total. The van der Waals surface area contributed by atoms with E-state index in [4.69, 9.17) is 4.84 Å². The van der Waals surface area contributed by atoms with Crippen LogP contribution in [0.5, 0.6) is 0 Å². The maximum Gasteiger partial charge on any atom is 0.261 e. The third-order valence-electron chi connectivity index (χ3n) is 6.63. The van der Waals surface area contributed by atoms with Crippen LogP contribution < -0.4 is 0 Å². The van der Waals surface area contributed by atoms with Gasteiger partial charge in [-0.1, -0.05) is 80.6 Å². The molecule has 1 heterocycles. The molecule has 36 heavy (non-hydrogen) atoms. The molecule has 1 aliphatic rings. The second-order valence-electron chi connectivity index (χ2n) is 10.8. The minimum Gasteiger partial charge on any atom is -0.290 e. The van der Waals surface area contributed by atoms with Crippen LogP contribution in [0, 0.1) is 5.92 Å². The summed E-state index contributed by atoms with van der Waals surface area (Å²) in [6.07, 6.45) is -0.178. The van der Waals surface area contributed by atoms with E-state index in [9.17, 15) is 9.59 Å². The van der Waals surface area contributed by atoms with Gasteiger partial charge in [-0.15, -0.1) is 0 Å². The van der Waals surface area contributed by atoms with Crippen LogP contribution >= 0.6 is 0 Å². The number of benzene rings is 3. The molecular weight excluding hydrogens is 448 g/mol. The summed E-state index contributed by atoms with van der Waals surface area (Å²) >= 11 is 0. The molecule has 0 fully saturated rings. The van der Waals surface area contributed by atoms with Crippen molar-refractivity contribution >= 4 is 11.8 Å². The monoisotopic (exact) mass is 484 g/mol. The average Bonchev–Trinajstić information content (AvgIpc) is 3.09. The van der Waals surface area contributed by atoms with Crippen molar-refractivity contribution in [3.8, 4) is 0 Å². The van der Waals surface area contributed by atoms with Gasteiger partial charge >= 0.3 is 0 Å². The van der Waals surface area contributed by atoms with Crippen LogP contribution in [0.25, 0.3) is 0 Å². The fraction of sp³-hybridized carbons (Fsp3) is 0.355. The highest BCUT2D eigenvalue weighted by molar-refractivity contribution is 6.21. The minimum absolute atomic E-state index is 0.0988. The molecular formula is C31H36N2O3. The van der Waals surface area contributed by atoms with Crippen LogP contribution in [0.15, 0.2) is 78.9 Å². The van der Waals surface area contributed by atoms with Crippen molar-refractivity contribution in [2.75, 3.05) is 0 Å². The smallest absolute Gasteiger partial charge is 0.261 e. The van der Waals surface area contributed by atoms with Gasteiger partial charge in [0.05, 0.1) is 23.7 Å². The first-order valence-corrected chi connectivity index (χ1v) is 12.6. The van der Waals surface area contributed by atoms with Gasteiger partial charge in [-0.05, 0) is 62.4 Å². The number of imide groups is 1. The van der Waals surface area contributed by atoms with Crippen LogP contribution in [0.1, 0.15) is 91.1 Å². The molecule has 0 radical (unpaired) electrons. The molecule has 0 spiro atoms. The summed E-state index contributed by atoms with van der Waals surface area (Å²) < 4.78 is 0. The number of carbonyl (C=O) groups is 2. The first-order valence-electron chi connectivity index (χ1n) is 12.6. The Bertz CT molecular complexity index is 1180. The van der Waals surface area contributed by atoms with Gasteiger partial charge in [0, 0.05) is 5.54 Å². The Labute approximate surface area is 214 Å². The number of rotatable bonds is 8. The summed E-state index contributed by atoms with van der Waals surface area (Å²) in [6, 6.07) is 25.6. The van der Waals surface area contributed by atoms with Crippen molar-refractivity contribution in [3.63, 3.8) is 0 Å². The lowest BCUT2D eigenvalue weighted by Gasteiger charge is -2.44. The first-order chi connectivity index (χ1) is 17.1. The molecule has 188 valence electrons. The number of carbonyl (C=O) groups excluding carboxylic acids is 2. The number of hydrogen-bond acceptors (Lipinski definition) is 4. The Morgan fingerprint density at radius 2 is 1.28 bits per heavy atom. The summed E-state index contributed by atoms with van der Waals surface area (Å²) in [4.78, 5) is 33.4. The Kier molecular flexibility index (Phi) is 7.43. The summed E-state index contributed by atoms with van der Waals surface area (Å²) in [6.45, 7) is 13.3. The van der Waals surface area contributed by atoms with Gasteiger partial charge in [-0.25, -0.2) is 0 Å². The van der Waals surface area contributed by atoms with Gasteiger partial charge in [0.25, 0.3) is 11.8 Å². The van der Waals surface area contributed by atoms with Gasteiger partial charge in [0.15, 0.2) is 0 Å². The molecule has 2 amide bonds. The van der Waals surface area contributed by atoms with E-state index in [-0.39, 0.29) is 36.0 Å². The van der Waals surface area contributed by atoms with Gasteiger partial charge in [-0.3, -0.25) is 19.3 Å². The van der Waals surface area contributed by atoms with Crippen LogP contribution in [-0.2, 0) is 11.4 Å². The van der Waals surface area contributed by atoms with Gasteiger partial charge in [0.2, 0.25) is 0 Å². The third kappa shape index (κ3) is 5.28. The quantitative estimate of drug-likeness (QED) is 0.256. The highest BCUT2D eigenvalue weighted by Crippen LogP contribution is 2.37. The molecule has 1 aliphatic heterocycles. The summed E-state index contributed by atoms with van der Waals surface area (Å²) in [5.74, 6) is -0.128. The Hall–Kier alpha value is -3.28. The Morgan fingerprint density at radius 1 is 0.750 bits per heavy atom. The highest BCUT2D eigenvalue weighted by Gasteiger charge is 2.36. The molecule has 0 bridgehead atoms. The predicted octanol–water partition coefficient (Wildman–Crippen LogP) is 6.97. The predicted molar refractivity (Wildman–Crippen MR) is 142 cm³/mol. The van der Waals surface area contributed by atoms with Crippen LogP contribution in [0.3, 0.4) is 0 Å². The maximum absolute atomic E-state index is 12.7. The SMILES string of the molecule is CC(ON(C(c1ccccc1)C(C)C)C(C)(C)C)c1ccc(CN2C(=O)c3ccccc3C2=O)cc1. The van der Waals surface area contributed by atoms with Crippen LogP contribution in [0.4, 0.5) is 0 Å². The average molecular weight is 485 g/mol. The lowest BCUT2D eigenvalue weighted by molar-refractivity contribution is -0.272. The van der Waals surface area contributed by atoms with E-state index in [0.717, 1.165) is 11.1 Å². The summed E-state index contributed by atoms with van der Waals surface area (Å²) in [5.41, 5.74) is 3.89. The number of amides is 2. The van der Waals surface area contributed by atoms with E-state index >= 15 is 0 Å². The molecule has 0 aromatic heterocycles. The molecule has 3 aromatic rings.